The van der Waals surface area contributed by atoms with Gasteiger partial charge in [-0.1, -0.05) is 18.2 Å². The van der Waals surface area contributed by atoms with Gasteiger partial charge in [-0.3, -0.25) is 19.3 Å². The van der Waals surface area contributed by atoms with Crippen molar-refractivity contribution in [2.75, 3.05) is 78.0 Å². The van der Waals surface area contributed by atoms with Crippen molar-refractivity contribution in [3.8, 4) is 17.2 Å². The molecule has 3 aliphatic heterocycles. The molecule has 5 aromatic rings. The number of anilines is 1. The molecule has 5 heterocycles. The molecular formula is C36H37FN6O6. The third kappa shape index (κ3) is 5.67. The standard InChI is InChI=1S/C36H37FN6O6/c1-40(2)10-8-38-36(46)25-19-43-27-17-29-23(22-5-3-4-6-28(22)48-29)16-30(27)49-35-32(43)24(34(25)45)15-26(37)33(35)42-9-7-21(18-42)39-31(44)20-41-11-13-47-14-12-41/h3-6,15-17,19,21H,7-14,18,20H2,1-2H3,(H,38,46)(H,39,44)/t21-/m1/s1. The topological polar surface area (TPSA) is 122 Å². The number of ether oxygens (including phenoxy) is 2. The summed E-state index contributed by atoms with van der Waals surface area (Å²) in [5, 5.41) is 7.67. The van der Waals surface area contributed by atoms with Crippen LogP contribution in [0.4, 0.5) is 10.1 Å². The Balaban J connectivity index is 1.20. The number of carbonyl (C=O) groups is 2. The van der Waals surface area contributed by atoms with Gasteiger partial charge >= 0.3 is 0 Å². The van der Waals surface area contributed by atoms with Crippen LogP contribution in [0.3, 0.4) is 0 Å². The van der Waals surface area contributed by atoms with Gasteiger partial charge in [-0.15, -0.1) is 0 Å². The lowest BCUT2D eigenvalue weighted by molar-refractivity contribution is -0.123. The number of morpholine rings is 1. The number of nitrogens with one attached hydrogen (secondary N) is 2. The summed E-state index contributed by atoms with van der Waals surface area (Å²) in [6.45, 7) is 4.65. The van der Waals surface area contributed by atoms with Gasteiger partial charge in [0.05, 0.1) is 30.8 Å². The van der Waals surface area contributed by atoms with E-state index in [0.29, 0.717) is 87.0 Å². The lowest BCUT2D eigenvalue weighted by Gasteiger charge is -2.29. The Labute approximate surface area is 280 Å². The van der Waals surface area contributed by atoms with Gasteiger partial charge in [0.1, 0.15) is 27.9 Å². The highest BCUT2D eigenvalue weighted by Crippen LogP contribution is 2.49. The van der Waals surface area contributed by atoms with Crippen LogP contribution in [0.15, 0.2) is 57.9 Å². The Morgan fingerprint density at radius 1 is 1.02 bits per heavy atom. The summed E-state index contributed by atoms with van der Waals surface area (Å²) < 4.78 is 36.2. The molecule has 2 fully saturated rings. The average Bonchev–Trinajstić information content (AvgIpc) is 3.69. The van der Waals surface area contributed by atoms with Crippen molar-refractivity contribution in [1.29, 1.82) is 0 Å². The van der Waals surface area contributed by atoms with E-state index < -0.39 is 17.2 Å². The zero-order chi connectivity index (χ0) is 33.8. The number of fused-ring (bicyclic) bond motifs is 5. The first-order valence-corrected chi connectivity index (χ1v) is 16.6. The first kappa shape index (κ1) is 31.3. The fourth-order valence-electron chi connectivity index (χ4n) is 7.08. The fourth-order valence-corrected chi connectivity index (χ4v) is 7.08. The molecule has 2 aromatic heterocycles. The molecule has 2 saturated heterocycles. The molecule has 0 saturated carbocycles. The van der Waals surface area contributed by atoms with E-state index in [1.54, 1.807) is 4.57 Å². The number of aromatic nitrogens is 1. The van der Waals surface area contributed by atoms with Crippen LogP contribution in [-0.2, 0) is 9.53 Å². The van der Waals surface area contributed by atoms with Crippen molar-refractivity contribution in [2.45, 2.75) is 12.5 Å². The number of amides is 2. The molecule has 1 atom stereocenters. The number of para-hydroxylation sites is 1. The summed E-state index contributed by atoms with van der Waals surface area (Å²) in [4.78, 5) is 46.0. The molecule has 12 nitrogen and oxygen atoms in total. The normalized spacial score (nSPS) is 17.6. The minimum Gasteiger partial charge on any atom is -0.456 e. The molecule has 8 rings (SSSR count). The molecule has 49 heavy (non-hydrogen) atoms. The molecule has 0 bridgehead atoms. The number of halogens is 1. The van der Waals surface area contributed by atoms with Crippen LogP contribution in [-0.4, -0.2) is 105 Å². The van der Waals surface area contributed by atoms with Crippen LogP contribution >= 0.6 is 0 Å². The predicted molar refractivity (Wildman–Crippen MR) is 184 cm³/mol. The fraction of sp³-hybridized carbons (Fsp3) is 0.361. The Hall–Kier alpha value is -4.98. The van der Waals surface area contributed by atoms with Crippen molar-refractivity contribution in [2.24, 2.45) is 0 Å². The summed E-state index contributed by atoms with van der Waals surface area (Å²) in [7, 11) is 3.78. The molecule has 0 unspecified atom stereocenters. The minimum absolute atomic E-state index is 0.0291. The monoisotopic (exact) mass is 668 g/mol. The van der Waals surface area contributed by atoms with Crippen LogP contribution in [0.1, 0.15) is 16.8 Å². The second kappa shape index (κ2) is 12.5. The van der Waals surface area contributed by atoms with Crippen LogP contribution < -0.4 is 25.7 Å². The van der Waals surface area contributed by atoms with Gasteiger partial charge in [0.2, 0.25) is 11.3 Å². The molecule has 0 aliphatic carbocycles. The van der Waals surface area contributed by atoms with E-state index in [0.717, 1.165) is 10.8 Å². The van der Waals surface area contributed by atoms with Gasteiger partial charge in [-0.25, -0.2) is 4.39 Å². The van der Waals surface area contributed by atoms with Crippen LogP contribution in [0.25, 0.3) is 38.5 Å². The van der Waals surface area contributed by atoms with Crippen molar-refractivity contribution in [3.63, 3.8) is 0 Å². The van der Waals surface area contributed by atoms with E-state index in [2.05, 4.69) is 15.5 Å². The molecule has 3 aromatic carbocycles. The van der Waals surface area contributed by atoms with E-state index >= 15 is 4.39 Å². The maximum absolute atomic E-state index is 16.4. The quantitative estimate of drug-likeness (QED) is 0.251. The van der Waals surface area contributed by atoms with Crippen molar-refractivity contribution in [3.05, 3.63) is 70.3 Å². The Morgan fingerprint density at radius 2 is 1.84 bits per heavy atom. The Morgan fingerprint density at radius 3 is 2.65 bits per heavy atom. The van der Waals surface area contributed by atoms with Gasteiger partial charge in [0.25, 0.3) is 5.91 Å². The highest BCUT2D eigenvalue weighted by atomic mass is 19.1. The van der Waals surface area contributed by atoms with E-state index in [-0.39, 0.29) is 40.9 Å². The van der Waals surface area contributed by atoms with Gasteiger partial charge in [-0.2, -0.15) is 0 Å². The zero-order valence-electron chi connectivity index (χ0n) is 27.4. The van der Waals surface area contributed by atoms with E-state index in [1.165, 1.54) is 12.3 Å². The summed E-state index contributed by atoms with van der Waals surface area (Å²) in [5.74, 6) is -0.657. The highest BCUT2D eigenvalue weighted by Gasteiger charge is 2.34. The lowest BCUT2D eigenvalue weighted by atomic mass is 10.0. The summed E-state index contributed by atoms with van der Waals surface area (Å²) in [6, 6.07) is 12.3. The third-order valence-electron chi connectivity index (χ3n) is 9.53. The number of pyridine rings is 1. The van der Waals surface area contributed by atoms with E-state index in [9.17, 15) is 14.4 Å². The summed E-state index contributed by atoms with van der Waals surface area (Å²) >= 11 is 0. The first-order valence-electron chi connectivity index (χ1n) is 16.6. The van der Waals surface area contributed by atoms with Crippen molar-refractivity contribution in [1.82, 2.24) is 25.0 Å². The van der Waals surface area contributed by atoms with Crippen LogP contribution in [0.5, 0.6) is 11.5 Å². The molecule has 254 valence electrons. The molecule has 2 amide bonds. The average molecular weight is 669 g/mol. The maximum Gasteiger partial charge on any atom is 0.256 e. The van der Waals surface area contributed by atoms with Gasteiger partial charge in [0, 0.05) is 68.3 Å². The Kier molecular flexibility index (Phi) is 7.97. The zero-order valence-corrected chi connectivity index (χ0v) is 27.4. The van der Waals surface area contributed by atoms with Gasteiger partial charge < -0.3 is 38.9 Å². The van der Waals surface area contributed by atoms with Gasteiger partial charge in [0.15, 0.2) is 17.3 Å². The van der Waals surface area contributed by atoms with Crippen LogP contribution in [0.2, 0.25) is 0 Å². The smallest absolute Gasteiger partial charge is 0.256 e. The second-order valence-electron chi connectivity index (χ2n) is 13.1. The lowest BCUT2D eigenvalue weighted by Crippen LogP contribution is -2.46. The molecule has 13 heteroatoms. The SMILES string of the molecule is CN(C)CCNC(=O)c1cn2c3c(c(N4CC[C@@H](NC(=O)CN5CCOCC5)C4)c(F)cc3c1=O)Oc1cc3c(cc1-2)oc1ccccc13. The number of hydrogen-bond acceptors (Lipinski definition) is 9. The largest absolute Gasteiger partial charge is 0.456 e. The molecule has 3 aliphatic rings. The van der Waals surface area contributed by atoms with Gasteiger partial charge in [-0.05, 0) is 38.7 Å². The van der Waals surface area contributed by atoms with Crippen LogP contribution in [0, 0.1) is 5.82 Å². The van der Waals surface area contributed by atoms with E-state index in [1.807, 2.05) is 60.3 Å². The summed E-state index contributed by atoms with van der Waals surface area (Å²) in [6.07, 6.45) is 2.12. The molecule has 2 N–H and O–H groups in total. The first-order chi connectivity index (χ1) is 23.7. The maximum atomic E-state index is 16.4. The Bertz CT molecular complexity index is 2190. The minimum atomic E-state index is -0.644. The van der Waals surface area contributed by atoms with E-state index in [4.69, 9.17) is 13.9 Å². The van der Waals surface area contributed by atoms with Crippen molar-refractivity contribution >= 4 is 50.3 Å². The number of benzene rings is 3. The number of likely N-dealkylation sites (N-methyl/N-ethyl adjacent to an activating group) is 1. The molecule has 0 spiro atoms. The summed E-state index contributed by atoms with van der Waals surface area (Å²) in [5.41, 5.74) is 1.73. The number of carbonyl (C=O) groups excluding carboxylic acids is 2. The number of furan rings is 1. The highest BCUT2D eigenvalue weighted by molar-refractivity contribution is 6.07. The molecule has 0 radical (unpaired) electrons. The number of nitrogens with zero attached hydrogens (tertiary/aromatic N) is 4. The number of rotatable bonds is 8. The number of hydrogen-bond donors (Lipinski definition) is 2. The second-order valence-corrected chi connectivity index (χ2v) is 13.1. The third-order valence-corrected chi connectivity index (χ3v) is 9.53. The predicted octanol–water partition coefficient (Wildman–Crippen LogP) is 3.45. The molecular weight excluding hydrogens is 631 g/mol. The van der Waals surface area contributed by atoms with Crippen molar-refractivity contribution < 1.29 is 27.9 Å².